The highest BCUT2D eigenvalue weighted by Crippen LogP contribution is 2.28. The molecule has 1 rings (SSSR count). The quantitative estimate of drug-likeness (QED) is 0.807. The second-order valence-electron chi connectivity index (χ2n) is 5.16. The lowest BCUT2D eigenvalue weighted by atomic mass is 9.79. The molecule has 0 aromatic carbocycles. The zero-order valence-corrected chi connectivity index (χ0v) is 11.1. The van der Waals surface area contributed by atoms with Crippen molar-refractivity contribution in [3.8, 4) is 0 Å². The van der Waals surface area contributed by atoms with Crippen LogP contribution in [0.15, 0.2) is 0 Å². The molecule has 1 saturated heterocycles. The normalized spacial score (nSPS) is 28.2. The molecule has 0 amide bonds. The summed E-state index contributed by atoms with van der Waals surface area (Å²) in [7, 11) is 1.76. The van der Waals surface area contributed by atoms with Gasteiger partial charge in [0.15, 0.2) is 0 Å². The number of nitrogens with zero attached hydrogens (tertiary/aromatic N) is 1. The highest BCUT2D eigenvalue weighted by atomic mass is 35.5. The van der Waals surface area contributed by atoms with Crippen LogP contribution in [0.5, 0.6) is 0 Å². The number of methoxy groups -OCH3 is 1. The number of hydrogen-bond donors (Lipinski definition) is 1. The number of likely N-dealkylation sites (tertiary alicyclic amines) is 1. The fourth-order valence-corrected chi connectivity index (χ4v) is 2.14. The van der Waals surface area contributed by atoms with Gasteiger partial charge in [-0.1, -0.05) is 13.8 Å². The number of hydrogen-bond acceptors (Lipinski definition) is 3. The predicted molar refractivity (Wildman–Crippen MR) is 66.5 cm³/mol. The number of ether oxygens (including phenoxy) is 1. The Morgan fingerprint density at radius 2 is 2.13 bits per heavy atom. The third-order valence-corrected chi connectivity index (χ3v) is 3.37. The Hall–Kier alpha value is 0.170. The summed E-state index contributed by atoms with van der Waals surface area (Å²) in [5.74, 6) is 0. The molecule has 15 heavy (non-hydrogen) atoms. The van der Waals surface area contributed by atoms with Crippen LogP contribution >= 0.6 is 12.4 Å². The summed E-state index contributed by atoms with van der Waals surface area (Å²) in [6.45, 7) is 9.72. The van der Waals surface area contributed by atoms with E-state index in [1.807, 2.05) is 0 Å². The van der Waals surface area contributed by atoms with Crippen LogP contribution < -0.4 is 5.73 Å². The average Bonchev–Trinajstić information content (AvgIpc) is 2.10. The van der Waals surface area contributed by atoms with Crippen molar-refractivity contribution in [2.75, 3.05) is 26.8 Å². The molecule has 1 aliphatic rings. The average molecular weight is 237 g/mol. The summed E-state index contributed by atoms with van der Waals surface area (Å²) in [4.78, 5) is 2.48. The summed E-state index contributed by atoms with van der Waals surface area (Å²) in [5.41, 5.74) is 6.33. The smallest absolute Gasteiger partial charge is 0.0615 e. The van der Waals surface area contributed by atoms with Crippen LogP contribution in [0.1, 0.15) is 27.2 Å². The van der Waals surface area contributed by atoms with Crippen molar-refractivity contribution < 1.29 is 4.74 Å². The lowest BCUT2D eigenvalue weighted by molar-refractivity contribution is 0.0323. The molecule has 2 atom stereocenters. The van der Waals surface area contributed by atoms with Crippen LogP contribution in [0.25, 0.3) is 0 Å². The van der Waals surface area contributed by atoms with Crippen LogP contribution in [0, 0.1) is 5.41 Å². The summed E-state index contributed by atoms with van der Waals surface area (Å²) < 4.78 is 5.18. The molecule has 0 aromatic rings. The maximum Gasteiger partial charge on any atom is 0.0615 e. The first-order chi connectivity index (χ1) is 6.47. The summed E-state index contributed by atoms with van der Waals surface area (Å²) >= 11 is 0. The Labute approximate surface area is 99.7 Å². The van der Waals surface area contributed by atoms with Crippen molar-refractivity contribution in [2.45, 2.75) is 39.3 Å². The zero-order valence-electron chi connectivity index (χ0n) is 10.3. The Bertz CT molecular complexity index is 187. The van der Waals surface area contributed by atoms with Crippen molar-refractivity contribution in [3.05, 3.63) is 0 Å². The molecule has 2 unspecified atom stereocenters. The number of rotatable bonds is 3. The predicted octanol–water partition coefficient (Wildman–Crippen LogP) is 1.50. The van der Waals surface area contributed by atoms with Crippen molar-refractivity contribution >= 4 is 12.4 Å². The van der Waals surface area contributed by atoms with Gasteiger partial charge in [0, 0.05) is 32.3 Å². The topological polar surface area (TPSA) is 38.5 Å². The third-order valence-electron chi connectivity index (χ3n) is 3.37. The molecule has 0 bridgehead atoms. The van der Waals surface area contributed by atoms with Crippen LogP contribution in [0.3, 0.4) is 0 Å². The van der Waals surface area contributed by atoms with Crippen LogP contribution in [0.2, 0.25) is 0 Å². The Kier molecular flexibility index (Phi) is 6.11. The van der Waals surface area contributed by atoms with Gasteiger partial charge in [0.25, 0.3) is 0 Å². The fourth-order valence-electron chi connectivity index (χ4n) is 2.14. The summed E-state index contributed by atoms with van der Waals surface area (Å²) in [6.07, 6.45) is 1.10. The van der Waals surface area contributed by atoms with Gasteiger partial charge in [-0.15, -0.1) is 12.4 Å². The van der Waals surface area contributed by atoms with Gasteiger partial charge in [0.05, 0.1) is 6.61 Å². The minimum absolute atomic E-state index is 0. The molecule has 1 heterocycles. The molecule has 4 heteroatoms. The molecular weight excluding hydrogens is 212 g/mol. The SMILES string of the molecule is COCC(C)N1CCC(N)C(C)(C)C1.Cl. The fraction of sp³-hybridized carbons (Fsp3) is 1.00. The molecule has 3 nitrogen and oxygen atoms in total. The highest BCUT2D eigenvalue weighted by molar-refractivity contribution is 5.85. The lowest BCUT2D eigenvalue weighted by Crippen LogP contribution is -2.55. The first-order valence-electron chi connectivity index (χ1n) is 5.46. The molecule has 1 aliphatic heterocycles. The van der Waals surface area contributed by atoms with E-state index in [0.29, 0.717) is 12.1 Å². The van der Waals surface area contributed by atoms with Gasteiger partial charge < -0.3 is 10.5 Å². The number of piperidine rings is 1. The van der Waals surface area contributed by atoms with Crippen LogP contribution in [-0.2, 0) is 4.74 Å². The second-order valence-corrected chi connectivity index (χ2v) is 5.16. The van der Waals surface area contributed by atoms with Crippen molar-refractivity contribution in [2.24, 2.45) is 11.1 Å². The Balaban J connectivity index is 0.00000196. The molecule has 0 aliphatic carbocycles. The first-order valence-corrected chi connectivity index (χ1v) is 5.46. The second kappa shape index (κ2) is 6.04. The van der Waals surface area contributed by atoms with Crippen LogP contribution in [-0.4, -0.2) is 43.8 Å². The maximum absolute atomic E-state index is 6.09. The van der Waals surface area contributed by atoms with Gasteiger partial charge in [0.1, 0.15) is 0 Å². The lowest BCUT2D eigenvalue weighted by Gasteiger charge is -2.44. The Morgan fingerprint density at radius 3 is 2.60 bits per heavy atom. The summed E-state index contributed by atoms with van der Waals surface area (Å²) in [6, 6.07) is 0.847. The van der Waals surface area contributed by atoms with E-state index in [9.17, 15) is 0 Å². The van der Waals surface area contributed by atoms with Gasteiger partial charge in [-0.25, -0.2) is 0 Å². The van der Waals surface area contributed by atoms with E-state index in [4.69, 9.17) is 10.5 Å². The largest absolute Gasteiger partial charge is 0.383 e. The summed E-state index contributed by atoms with van der Waals surface area (Å²) in [5, 5.41) is 0. The van der Waals surface area contributed by atoms with Gasteiger partial charge in [-0.05, 0) is 18.8 Å². The van der Waals surface area contributed by atoms with E-state index in [0.717, 1.165) is 26.1 Å². The molecule has 0 radical (unpaired) electrons. The molecule has 1 fully saturated rings. The van der Waals surface area contributed by atoms with Crippen LogP contribution in [0.4, 0.5) is 0 Å². The van der Waals surface area contributed by atoms with Gasteiger partial charge >= 0.3 is 0 Å². The van der Waals surface area contributed by atoms with E-state index in [1.54, 1.807) is 7.11 Å². The van der Waals surface area contributed by atoms with Crippen molar-refractivity contribution in [3.63, 3.8) is 0 Å². The molecule has 0 aromatic heterocycles. The minimum Gasteiger partial charge on any atom is -0.383 e. The minimum atomic E-state index is 0. The first kappa shape index (κ1) is 15.2. The number of nitrogens with two attached hydrogens (primary N) is 1. The molecule has 0 saturated carbocycles. The highest BCUT2D eigenvalue weighted by Gasteiger charge is 2.34. The molecular formula is C11H25ClN2O. The van der Waals surface area contributed by atoms with Gasteiger partial charge in [-0.3, -0.25) is 4.90 Å². The van der Waals surface area contributed by atoms with E-state index in [2.05, 4.69) is 25.7 Å². The van der Waals surface area contributed by atoms with E-state index in [-0.39, 0.29) is 17.8 Å². The van der Waals surface area contributed by atoms with Gasteiger partial charge in [0.2, 0.25) is 0 Å². The zero-order chi connectivity index (χ0) is 10.8. The third kappa shape index (κ3) is 3.91. The molecule has 92 valence electrons. The van der Waals surface area contributed by atoms with Gasteiger partial charge in [-0.2, -0.15) is 0 Å². The van der Waals surface area contributed by atoms with Crippen molar-refractivity contribution in [1.29, 1.82) is 0 Å². The van der Waals surface area contributed by atoms with E-state index >= 15 is 0 Å². The molecule has 2 N–H and O–H groups in total. The standard InChI is InChI=1S/C11H24N2O.ClH/c1-9(7-14-4)13-6-5-10(12)11(2,3)8-13;/h9-10H,5-8,12H2,1-4H3;1H. The van der Waals surface area contributed by atoms with E-state index in [1.165, 1.54) is 0 Å². The Morgan fingerprint density at radius 1 is 1.53 bits per heavy atom. The van der Waals surface area contributed by atoms with E-state index < -0.39 is 0 Å². The monoisotopic (exact) mass is 236 g/mol. The molecule has 0 spiro atoms. The maximum atomic E-state index is 6.09. The van der Waals surface area contributed by atoms with Crippen molar-refractivity contribution in [1.82, 2.24) is 4.90 Å². The number of halogens is 1.